The van der Waals surface area contributed by atoms with Gasteiger partial charge in [0.15, 0.2) is 0 Å². The minimum absolute atomic E-state index is 0.0270. The third-order valence-corrected chi connectivity index (χ3v) is 3.80. The normalized spacial score (nSPS) is 11.9. The Balaban J connectivity index is 2.80. The van der Waals surface area contributed by atoms with Gasteiger partial charge in [0.25, 0.3) is 5.91 Å². The van der Waals surface area contributed by atoms with E-state index in [-0.39, 0.29) is 11.9 Å². The maximum Gasteiger partial charge on any atom is 0.252 e. The zero-order chi connectivity index (χ0) is 13.7. The predicted molar refractivity (Wildman–Crippen MR) is 84.8 cm³/mol. The summed E-state index contributed by atoms with van der Waals surface area (Å²) in [6.45, 7) is 1.99. The zero-order valence-electron chi connectivity index (χ0n) is 9.87. The van der Waals surface area contributed by atoms with Crippen molar-refractivity contribution in [3.05, 3.63) is 32.7 Å². The third-order valence-electron chi connectivity index (χ3n) is 2.45. The van der Waals surface area contributed by atoms with Gasteiger partial charge in [-0.15, -0.1) is 0 Å². The SMILES string of the molecule is CCC(CC(N)=S)NC(=O)c1cc(Br)ccc1Br. The van der Waals surface area contributed by atoms with Crippen LogP contribution in [-0.4, -0.2) is 16.9 Å². The summed E-state index contributed by atoms with van der Waals surface area (Å²) < 4.78 is 1.62. The molecule has 1 aromatic rings. The van der Waals surface area contributed by atoms with Crippen LogP contribution in [0.25, 0.3) is 0 Å². The van der Waals surface area contributed by atoms with Gasteiger partial charge in [-0.1, -0.05) is 35.1 Å². The van der Waals surface area contributed by atoms with E-state index in [0.717, 1.165) is 15.4 Å². The van der Waals surface area contributed by atoms with Crippen molar-refractivity contribution in [3.63, 3.8) is 0 Å². The van der Waals surface area contributed by atoms with Crippen molar-refractivity contribution in [1.29, 1.82) is 0 Å². The predicted octanol–water partition coefficient (Wildman–Crippen LogP) is 3.40. The van der Waals surface area contributed by atoms with E-state index >= 15 is 0 Å². The number of hydrogen-bond donors (Lipinski definition) is 2. The maximum atomic E-state index is 12.1. The van der Waals surface area contributed by atoms with Gasteiger partial charge in [0, 0.05) is 21.4 Å². The molecule has 0 aromatic heterocycles. The molecule has 0 aliphatic rings. The van der Waals surface area contributed by atoms with E-state index < -0.39 is 0 Å². The van der Waals surface area contributed by atoms with Crippen molar-refractivity contribution in [2.24, 2.45) is 5.73 Å². The summed E-state index contributed by atoms with van der Waals surface area (Å²) in [5, 5.41) is 2.93. The number of rotatable bonds is 5. The number of amides is 1. The second-order valence-corrected chi connectivity index (χ2v) is 6.17. The van der Waals surface area contributed by atoms with Gasteiger partial charge in [-0.3, -0.25) is 4.79 Å². The lowest BCUT2D eigenvalue weighted by atomic mass is 10.1. The lowest BCUT2D eigenvalue weighted by Gasteiger charge is -2.16. The van der Waals surface area contributed by atoms with Crippen molar-refractivity contribution in [1.82, 2.24) is 5.32 Å². The molecule has 6 heteroatoms. The number of halogens is 2. The Kier molecular flexibility index (Phi) is 6.25. The number of hydrogen-bond acceptors (Lipinski definition) is 2. The fourth-order valence-electron chi connectivity index (χ4n) is 1.47. The van der Waals surface area contributed by atoms with Gasteiger partial charge in [0.2, 0.25) is 0 Å². The minimum atomic E-state index is -0.133. The Morgan fingerprint density at radius 3 is 2.72 bits per heavy atom. The van der Waals surface area contributed by atoms with Gasteiger partial charge in [-0.25, -0.2) is 0 Å². The summed E-state index contributed by atoms with van der Waals surface area (Å²) >= 11 is 11.6. The monoisotopic (exact) mass is 392 g/mol. The molecule has 0 fully saturated rings. The molecular formula is C12H14Br2N2OS. The van der Waals surface area contributed by atoms with Crippen LogP contribution in [-0.2, 0) is 0 Å². The second-order valence-electron chi connectivity index (χ2n) is 3.87. The summed E-state index contributed by atoms with van der Waals surface area (Å²) in [5.74, 6) is -0.133. The van der Waals surface area contributed by atoms with Crippen LogP contribution in [0.15, 0.2) is 27.1 Å². The molecule has 0 spiro atoms. The molecule has 1 aromatic carbocycles. The Hall–Kier alpha value is -0.460. The van der Waals surface area contributed by atoms with Crippen LogP contribution in [0.2, 0.25) is 0 Å². The molecule has 98 valence electrons. The molecule has 0 saturated heterocycles. The molecule has 1 amide bonds. The molecule has 3 N–H and O–H groups in total. The first-order valence-corrected chi connectivity index (χ1v) is 7.47. The summed E-state index contributed by atoms with van der Waals surface area (Å²) in [4.78, 5) is 12.5. The number of carbonyl (C=O) groups excluding carboxylic acids is 1. The summed E-state index contributed by atoms with van der Waals surface area (Å²) in [6, 6.07) is 5.44. The molecule has 0 heterocycles. The summed E-state index contributed by atoms with van der Waals surface area (Å²) in [6.07, 6.45) is 1.30. The molecule has 3 nitrogen and oxygen atoms in total. The lowest BCUT2D eigenvalue weighted by molar-refractivity contribution is 0.0936. The highest BCUT2D eigenvalue weighted by Crippen LogP contribution is 2.21. The van der Waals surface area contributed by atoms with E-state index in [1.165, 1.54) is 0 Å². The van der Waals surface area contributed by atoms with Crippen LogP contribution in [0, 0.1) is 0 Å². The number of carbonyl (C=O) groups is 1. The van der Waals surface area contributed by atoms with Crippen molar-refractivity contribution >= 4 is 55.0 Å². The smallest absolute Gasteiger partial charge is 0.252 e. The van der Waals surface area contributed by atoms with E-state index in [1.54, 1.807) is 6.07 Å². The molecule has 1 rings (SSSR count). The highest BCUT2D eigenvalue weighted by molar-refractivity contribution is 9.11. The van der Waals surface area contributed by atoms with Crippen LogP contribution in [0.4, 0.5) is 0 Å². The highest BCUT2D eigenvalue weighted by Gasteiger charge is 2.15. The van der Waals surface area contributed by atoms with E-state index in [9.17, 15) is 4.79 Å². The highest BCUT2D eigenvalue weighted by atomic mass is 79.9. The zero-order valence-corrected chi connectivity index (χ0v) is 13.9. The molecule has 0 aliphatic carbocycles. The van der Waals surface area contributed by atoms with Crippen molar-refractivity contribution < 1.29 is 4.79 Å². The molecule has 0 aliphatic heterocycles. The first-order chi connectivity index (χ1) is 8.43. The Bertz CT molecular complexity index is 465. The summed E-state index contributed by atoms with van der Waals surface area (Å²) in [7, 11) is 0. The first kappa shape index (κ1) is 15.6. The van der Waals surface area contributed by atoms with E-state index in [2.05, 4.69) is 37.2 Å². The second kappa shape index (κ2) is 7.21. The Labute approximate surface area is 129 Å². The average molecular weight is 394 g/mol. The fourth-order valence-corrected chi connectivity index (χ4v) is 2.46. The van der Waals surface area contributed by atoms with E-state index in [1.807, 2.05) is 19.1 Å². The van der Waals surface area contributed by atoms with Gasteiger partial charge in [-0.2, -0.15) is 0 Å². The van der Waals surface area contributed by atoms with Crippen LogP contribution < -0.4 is 11.1 Å². The standard InChI is InChI=1S/C12H14Br2N2OS/c1-2-8(6-11(15)18)16-12(17)9-5-7(13)3-4-10(9)14/h3-5,8H,2,6H2,1H3,(H2,15,18)(H,16,17). The molecule has 18 heavy (non-hydrogen) atoms. The van der Waals surface area contributed by atoms with Crippen LogP contribution in [0.3, 0.4) is 0 Å². The fraction of sp³-hybridized carbons (Fsp3) is 0.333. The number of benzene rings is 1. The number of nitrogens with two attached hydrogens (primary N) is 1. The first-order valence-electron chi connectivity index (χ1n) is 5.48. The molecule has 0 saturated carbocycles. The minimum Gasteiger partial charge on any atom is -0.393 e. The summed E-state index contributed by atoms with van der Waals surface area (Å²) in [5.41, 5.74) is 6.09. The van der Waals surface area contributed by atoms with Crippen molar-refractivity contribution in [2.45, 2.75) is 25.8 Å². The lowest BCUT2D eigenvalue weighted by Crippen LogP contribution is -2.37. The molecule has 0 bridgehead atoms. The van der Waals surface area contributed by atoms with E-state index in [4.69, 9.17) is 18.0 Å². The molecule has 1 unspecified atom stereocenters. The quantitative estimate of drug-likeness (QED) is 0.753. The van der Waals surface area contributed by atoms with Gasteiger partial charge in [-0.05, 0) is 40.5 Å². The Morgan fingerprint density at radius 2 is 2.17 bits per heavy atom. The molecule has 1 atom stereocenters. The van der Waals surface area contributed by atoms with Crippen molar-refractivity contribution in [2.75, 3.05) is 0 Å². The van der Waals surface area contributed by atoms with Crippen LogP contribution in [0.5, 0.6) is 0 Å². The largest absolute Gasteiger partial charge is 0.393 e. The Morgan fingerprint density at radius 1 is 1.50 bits per heavy atom. The average Bonchev–Trinajstić information content (AvgIpc) is 2.30. The van der Waals surface area contributed by atoms with Gasteiger partial charge in [0.05, 0.1) is 10.6 Å². The topological polar surface area (TPSA) is 55.1 Å². The van der Waals surface area contributed by atoms with Gasteiger partial charge >= 0.3 is 0 Å². The molecular weight excluding hydrogens is 380 g/mol. The maximum absolute atomic E-state index is 12.1. The number of thiocarbonyl (C=S) groups is 1. The number of nitrogens with one attached hydrogen (secondary N) is 1. The van der Waals surface area contributed by atoms with E-state index in [0.29, 0.717) is 17.0 Å². The van der Waals surface area contributed by atoms with Gasteiger partial charge in [0.1, 0.15) is 0 Å². The van der Waals surface area contributed by atoms with Crippen molar-refractivity contribution in [3.8, 4) is 0 Å². The molecule has 0 radical (unpaired) electrons. The third kappa shape index (κ3) is 4.66. The van der Waals surface area contributed by atoms with Crippen LogP contribution >= 0.6 is 44.1 Å². The van der Waals surface area contributed by atoms with Gasteiger partial charge < -0.3 is 11.1 Å². The van der Waals surface area contributed by atoms with Crippen LogP contribution in [0.1, 0.15) is 30.1 Å².